The second-order valence-electron chi connectivity index (χ2n) is 15.3. The maximum Gasteiger partial charge on any atom is 0.306 e. The molecular formula is C53H86O6. The fraction of sp³-hybridized carbons (Fsp3) is 0.642. The zero-order valence-corrected chi connectivity index (χ0v) is 38.0. The van der Waals surface area contributed by atoms with Gasteiger partial charge in [0.2, 0.25) is 0 Å². The Morgan fingerprint density at radius 2 is 0.746 bits per heavy atom. The number of hydrogen-bond acceptors (Lipinski definition) is 6. The van der Waals surface area contributed by atoms with E-state index in [1.54, 1.807) is 0 Å². The van der Waals surface area contributed by atoms with Crippen LogP contribution in [0.5, 0.6) is 0 Å². The molecule has 0 fully saturated rings. The highest BCUT2D eigenvalue weighted by atomic mass is 16.6. The molecule has 0 rings (SSSR count). The highest BCUT2D eigenvalue weighted by Gasteiger charge is 2.19. The molecule has 0 aliphatic heterocycles. The molecule has 0 spiro atoms. The van der Waals surface area contributed by atoms with Crippen LogP contribution < -0.4 is 0 Å². The molecular weight excluding hydrogens is 733 g/mol. The van der Waals surface area contributed by atoms with E-state index in [2.05, 4.69) is 112 Å². The van der Waals surface area contributed by atoms with Crippen molar-refractivity contribution in [2.75, 3.05) is 13.2 Å². The smallest absolute Gasteiger partial charge is 0.306 e. The summed E-state index contributed by atoms with van der Waals surface area (Å²) in [7, 11) is 0. The van der Waals surface area contributed by atoms with E-state index < -0.39 is 6.10 Å². The third kappa shape index (κ3) is 45.3. The van der Waals surface area contributed by atoms with Gasteiger partial charge < -0.3 is 14.2 Å². The molecule has 0 aromatic heterocycles. The van der Waals surface area contributed by atoms with Crippen LogP contribution in [0.15, 0.2) is 97.2 Å². The summed E-state index contributed by atoms with van der Waals surface area (Å²) in [6, 6.07) is 0. The van der Waals surface area contributed by atoms with Crippen LogP contribution in [0, 0.1) is 0 Å². The fourth-order valence-corrected chi connectivity index (χ4v) is 6.07. The van der Waals surface area contributed by atoms with E-state index in [1.807, 2.05) is 6.08 Å². The molecule has 0 radical (unpaired) electrons. The molecule has 0 aromatic rings. The third-order valence-electron chi connectivity index (χ3n) is 9.61. The molecule has 6 heteroatoms. The summed E-state index contributed by atoms with van der Waals surface area (Å²) in [5.41, 5.74) is 0. The van der Waals surface area contributed by atoms with E-state index in [4.69, 9.17) is 14.2 Å². The summed E-state index contributed by atoms with van der Waals surface area (Å²) in [4.78, 5) is 37.8. The third-order valence-corrected chi connectivity index (χ3v) is 9.61. The Kier molecular flexibility index (Phi) is 44.1. The second-order valence-corrected chi connectivity index (χ2v) is 15.3. The molecule has 0 saturated heterocycles. The normalized spacial score (nSPS) is 12.9. The quantitative estimate of drug-likeness (QED) is 0.0201. The van der Waals surface area contributed by atoms with Crippen LogP contribution in [0.3, 0.4) is 0 Å². The lowest BCUT2D eigenvalue weighted by Gasteiger charge is -2.18. The maximum atomic E-state index is 12.7. The number of rotatable bonds is 41. The molecule has 334 valence electrons. The molecule has 0 saturated carbocycles. The van der Waals surface area contributed by atoms with Crippen LogP contribution in [0.2, 0.25) is 0 Å². The van der Waals surface area contributed by atoms with Gasteiger partial charge in [-0.2, -0.15) is 0 Å². The van der Waals surface area contributed by atoms with Gasteiger partial charge in [-0.15, -0.1) is 0 Å². The molecule has 0 N–H and O–H groups in total. The molecule has 0 aliphatic rings. The minimum atomic E-state index is -0.804. The number of ether oxygens (including phenoxy) is 3. The highest BCUT2D eigenvalue weighted by Crippen LogP contribution is 2.12. The Labute approximate surface area is 362 Å². The van der Waals surface area contributed by atoms with E-state index in [0.717, 1.165) is 128 Å². The van der Waals surface area contributed by atoms with Gasteiger partial charge in [-0.05, 0) is 103 Å². The van der Waals surface area contributed by atoms with Crippen molar-refractivity contribution < 1.29 is 28.6 Å². The van der Waals surface area contributed by atoms with Crippen molar-refractivity contribution in [3.05, 3.63) is 97.2 Å². The summed E-state index contributed by atoms with van der Waals surface area (Å²) < 4.78 is 16.7. The first kappa shape index (κ1) is 55.3. The molecule has 0 aliphatic carbocycles. The number of allylic oxidation sites excluding steroid dienone is 16. The van der Waals surface area contributed by atoms with Crippen molar-refractivity contribution in [2.45, 2.75) is 207 Å². The summed E-state index contributed by atoms with van der Waals surface area (Å²) in [6.45, 7) is 6.29. The summed E-state index contributed by atoms with van der Waals surface area (Å²) in [6.07, 6.45) is 61.0. The average Bonchev–Trinajstić information content (AvgIpc) is 3.23. The zero-order valence-electron chi connectivity index (χ0n) is 38.0. The van der Waals surface area contributed by atoms with Crippen molar-refractivity contribution in [1.29, 1.82) is 0 Å². The van der Waals surface area contributed by atoms with Gasteiger partial charge >= 0.3 is 17.9 Å². The van der Waals surface area contributed by atoms with Crippen molar-refractivity contribution in [1.82, 2.24) is 0 Å². The molecule has 1 unspecified atom stereocenters. The summed E-state index contributed by atoms with van der Waals surface area (Å²) in [5.74, 6) is -0.972. The van der Waals surface area contributed by atoms with E-state index in [-0.39, 0.29) is 31.1 Å². The van der Waals surface area contributed by atoms with E-state index >= 15 is 0 Å². The molecule has 0 bridgehead atoms. The fourth-order valence-electron chi connectivity index (χ4n) is 6.07. The van der Waals surface area contributed by atoms with Gasteiger partial charge in [-0.1, -0.05) is 176 Å². The van der Waals surface area contributed by atoms with Crippen LogP contribution in [0.4, 0.5) is 0 Å². The van der Waals surface area contributed by atoms with Gasteiger partial charge in [-0.25, -0.2) is 0 Å². The number of esters is 3. The zero-order chi connectivity index (χ0) is 43.0. The minimum absolute atomic E-state index is 0.102. The summed E-state index contributed by atoms with van der Waals surface area (Å²) in [5, 5.41) is 0. The van der Waals surface area contributed by atoms with Gasteiger partial charge in [0, 0.05) is 19.3 Å². The van der Waals surface area contributed by atoms with Gasteiger partial charge in [0.25, 0.3) is 0 Å². The Bertz CT molecular complexity index is 1220. The maximum absolute atomic E-state index is 12.7. The largest absolute Gasteiger partial charge is 0.462 e. The van der Waals surface area contributed by atoms with Crippen molar-refractivity contribution >= 4 is 17.9 Å². The van der Waals surface area contributed by atoms with Crippen LogP contribution in [0.25, 0.3) is 0 Å². The van der Waals surface area contributed by atoms with Gasteiger partial charge in [0.05, 0.1) is 0 Å². The molecule has 0 aromatic carbocycles. The number of hydrogen-bond donors (Lipinski definition) is 0. The van der Waals surface area contributed by atoms with Crippen molar-refractivity contribution in [2.24, 2.45) is 0 Å². The molecule has 6 nitrogen and oxygen atoms in total. The molecule has 0 heterocycles. The minimum Gasteiger partial charge on any atom is -0.462 e. The number of unbranched alkanes of at least 4 members (excludes halogenated alkanes) is 16. The summed E-state index contributed by atoms with van der Waals surface area (Å²) >= 11 is 0. The SMILES string of the molecule is CC\C=C/C=C\C=C/CCCCCCCC(=O)OC(COC(=O)CCCCC/C=C\C/C=C\C/C=C\C/C=C\CC)COC(=O)CCCCCCC/C=C\CCCCC. The number of carbonyl (C=O) groups is 3. The molecule has 1 atom stereocenters. The van der Waals surface area contributed by atoms with E-state index in [9.17, 15) is 14.4 Å². The Hall–Kier alpha value is -3.67. The Morgan fingerprint density at radius 1 is 0.373 bits per heavy atom. The van der Waals surface area contributed by atoms with Crippen LogP contribution in [-0.4, -0.2) is 37.2 Å². The lowest BCUT2D eigenvalue weighted by Crippen LogP contribution is -2.30. The van der Waals surface area contributed by atoms with Crippen molar-refractivity contribution in [3.8, 4) is 0 Å². The second kappa shape index (κ2) is 47.0. The van der Waals surface area contributed by atoms with Crippen LogP contribution >= 0.6 is 0 Å². The van der Waals surface area contributed by atoms with E-state index in [1.165, 1.54) is 32.1 Å². The predicted molar refractivity (Wildman–Crippen MR) is 251 cm³/mol. The number of carbonyl (C=O) groups excluding carboxylic acids is 3. The monoisotopic (exact) mass is 819 g/mol. The Morgan fingerprint density at radius 3 is 1.25 bits per heavy atom. The molecule has 0 amide bonds. The van der Waals surface area contributed by atoms with Crippen LogP contribution in [0.1, 0.15) is 201 Å². The standard InChI is InChI=1S/C53H86O6/c1-4-7-10-13-16-19-22-25-26-27-29-31-34-37-40-43-46-52(55)58-49-50(48-57-51(54)45-42-39-36-33-30-24-21-18-15-12-9-6-3)59-53(56)47-44-41-38-35-32-28-23-20-17-14-11-8-5-2/h7-8,10-11,14,16-21,23,25-26,29,31,50H,4-6,9,12-13,15,22,24,27-28,30,32-49H2,1-3H3/b10-7-,11-8-,17-14-,19-16-,21-18-,23-20-,26-25-,31-29-. The average molecular weight is 819 g/mol. The van der Waals surface area contributed by atoms with E-state index in [0.29, 0.717) is 19.3 Å². The first-order chi connectivity index (χ1) is 29.0. The predicted octanol–water partition coefficient (Wildman–Crippen LogP) is 15.4. The van der Waals surface area contributed by atoms with Crippen molar-refractivity contribution in [3.63, 3.8) is 0 Å². The first-order valence-electron chi connectivity index (χ1n) is 23.8. The highest BCUT2D eigenvalue weighted by molar-refractivity contribution is 5.71. The van der Waals surface area contributed by atoms with Crippen LogP contribution in [-0.2, 0) is 28.6 Å². The lowest BCUT2D eigenvalue weighted by molar-refractivity contribution is -0.167. The van der Waals surface area contributed by atoms with Gasteiger partial charge in [0.1, 0.15) is 13.2 Å². The topological polar surface area (TPSA) is 78.9 Å². The lowest BCUT2D eigenvalue weighted by atomic mass is 10.1. The Balaban J connectivity index is 4.49. The van der Waals surface area contributed by atoms with Gasteiger partial charge in [-0.3, -0.25) is 14.4 Å². The van der Waals surface area contributed by atoms with Gasteiger partial charge in [0.15, 0.2) is 6.10 Å². The first-order valence-corrected chi connectivity index (χ1v) is 23.8. The molecule has 59 heavy (non-hydrogen) atoms.